The summed E-state index contributed by atoms with van der Waals surface area (Å²) < 4.78 is 5.47. The monoisotopic (exact) mass is 269 g/mol. The van der Waals surface area contributed by atoms with Gasteiger partial charge in [-0.15, -0.1) is 0 Å². The van der Waals surface area contributed by atoms with Crippen molar-refractivity contribution in [3.8, 4) is 5.75 Å². The highest BCUT2D eigenvalue weighted by Gasteiger charge is 2.36. The Hall–Kier alpha value is -0.770. The molecular formula is C14H20ClNO2. The Labute approximate surface area is 113 Å². The van der Waals surface area contributed by atoms with E-state index < -0.39 is 6.10 Å². The highest BCUT2D eigenvalue weighted by molar-refractivity contribution is 6.30. The van der Waals surface area contributed by atoms with Gasteiger partial charge in [0.1, 0.15) is 18.5 Å². The van der Waals surface area contributed by atoms with Crippen LogP contribution in [-0.2, 0) is 0 Å². The predicted molar refractivity (Wildman–Crippen MR) is 73.2 cm³/mol. The SMILES string of the molecule is CC1(CNCC(O)COc2ccc(Cl)cc2)CC1. The van der Waals surface area contributed by atoms with E-state index in [0.29, 0.717) is 23.6 Å². The lowest BCUT2D eigenvalue weighted by atomic mass is 10.1. The van der Waals surface area contributed by atoms with Crippen LogP contribution in [0.3, 0.4) is 0 Å². The van der Waals surface area contributed by atoms with E-state index in [9.17, 15) is 5.11 Å². The van der Waals surface area contributed by atoms with Crippen molar-refractivity contribution in [1.82, 2.24) is 5.32 Å². The fraction of sp³-hybridized carbons (Fsp3) is 0.571. The Kier molecular flexibility index (Phi) is 4.49. The summed E-state index contributed by atoms with van der Waals surface area (Å²) in [6.07, 6.45) is 2.09. The van der Waals surface area contributed by atoms with E-state index in [4.69, 9.17) is 16.3 Å². The van der Waals surface area contributed by atoms with Crippen LogP contribution < -0.4 is 10.1 Å². The first-order valence-electron chi connectivity index (χ1n) is 6.35. The van der Waals surface area contributed by atoms with Crippen LogP contribution in [0.1, 0.15) is 19.8 Å². The van der Waals surface area contributed by atoms with Gasteiger partial charge in [0.05, 0.1) is 0 Å². The van der Waals surface area contributed by atoms with E-state index in [1.165, 1.54) is 12.8 Å². The number of halogens is 1. The smallest absolute Gasteiger partial charge is 0.119 e. The second-order valence-corrected chi connectivity index (χ2v) is 5.80. The highest BCUT2D eigenvalue weighted by atomic mass is 35.5. The minimum Gasteiger partial charge on any atom is -0.491 e. The fourth-order valence-electron chi connectivity index (χ4n) is 1.71. The van der Waals surface area contributed by atoms with Gasteiger partial charge in [0, 0.05) is 18.1 Å². The lowest BCUT2D eigenvalue weighted by molar-refractivity contribution is 0.105. The summed E-state index contributed by atoms with van der Waals surface area (Å²) >= 11 is 5.78. The maximum atomic E-state index is 9.77. The maximum Gasteiger partial charge on any atom is 0.119 e. The summed E-state index contributed by atoms with van der Waals surface area (Å²) in [5.74, 6) is 0.729. The van der Waals surface area contributed by atoms with Crippen LogP contribution in [0.2, 0.25) is 5.02 Å². The molecular weight excluding hydrogens is 250 g/mol. The molecule has 1 saturated carbocycles. The van der Waals surface area contributed by atoms with E-state index in [1.54, 1.807) is 24.3 Å². The standard InChI is InChI=1S/C14H20ClNO2/c1-14(6-7-14)10-16-8-12(17)9-18-13-4-2-11(15)3-5-13/h2-5,12,16-17H,6-10H2,1H3. The highest BCUT2D eigenvalue weighted by Crippen LogP contribution is 2.43. The maximum absolute atomic E-state index is 9.77. The first-order chi connectivity index (χ1) is 8.57. The summed E-state index contributed by atoms with van der Waals surface area (Å²) in [6.45, 7) is 4.11. The van der Waals surface area contributed by atoms with Gasteiger partial charge >= 0.3 is 0 Å². The van der Waals surface area contributed by atoms with Gasteiger partial charge in [0.25, 0.3) is 0 Å². The molecule has 0 heterocycles. The zero-order valence-electron chi connectivity index (χ0n) is 10.7. The molecule has 0 bridgehead atoms. The number of ether oxygens (including phenoxy) is 1. The van der Waals surface area contributed by atoms with Crippen molar-refractivity contribution < 1.29 is 9.84 Å². The third-order valence-corrected chi connectivity index (χ3v) is 3.54. The minimum absolute atomic E-state index is 0.297. The molecule has 2 rings (SSSR count). The molecule has 0 aromatic heterocycles. The molecule has 1 fully saturated rings. The molecule has 4 heteroatoms. The lowest BCUT2D eigenvalue weighted by Gasteiger charge is -2.15. The fourth-order valence-corrected chi connectivity index (χ4v) is 1.84. The first kappa shape index (κ1) is 13.7. The molecule has 1 aliphatic rings. The summed E-state index contributed by atoms with van der Waals surface area (Å²) in [7, 11) is 0. The second kappa shape index (κ2) is 5.91. The quantitative estimate of drug-likeness (QED) is 0.799. The van der Waals surface area contributed by atoms with Crippen molar-refractivity contribution >= 4 is 11.6 Å². The molecule has 100 valence electrons. The molecule has 1 atom stereocenters. The molecule has 0 spiro atoms. The van der Waals surface area contributed by atoms with E-state index in [-0.39, 0.29) is 0 Å². The van der Waals surface area contributed by atoms with E-state index in [1.807, 2.05) is 0 Å². The van der Waals surface area contributed by atoms with Gasteiger partial charge in [0.2, 0.25) is 0 Å². The average molecular weight is 270 g/mol. The second-order valence-electron chi connectivity index (χ2n) is 5.36. The third kappa shape index (κ3) is 4.48. The number of hydrogen-bond acceptors (Lipinski definition) is 3. The van der Waals surface area contributed by atoms with Crippen molar-refractivity contribution in [1.29, 1.82) is 0 Å². The number of hydrogen-bond donors (Lipinski definition) is 2. The molecule has 1 aromatic carbocycles. The average Bonchev–Trinajstić information content (AvgIpc) is 3.07. The predicted octanol–water partition coefficient (Wildman–Crippen LogP) is 2.47. The molecule has 2 N–H and O–H groups in total. The summed E-state index contributed by atoms with van der Waals surface area (Å²) in [6, 6.07) is 7.15. The van der Waals surface area contributed by atoms with Crippen molar-refractivity contribution in [2.75, 3.05) is 19.7 Å². The number of aliphatic hydroxyl groups excluding tert-OH is 1. The van der Waals surface area contributed by atoms with Gasteiger partial charge in [-0.1, -0.05) is 18.5 Å². The third-order valence-electron chi connectivity index (χ3n) is 3.29. The van der Waals surface area contributed by atoms with Gasteiger partial charge in [-0.25, -0.2) is 0 Å². The number of nitrogens with one attached hydrogen (secondary N) is 1. The topological polar surface area (TPSA) is 41.5 Å². The lowest BCUT2D eigenvalue weighted by Crippen LogP contribution is -2.34. The number of rotatable bonds is 7. The molecule has 3 nitrogen and oxygen atoms in total. The molecule has 1 aliphatic carbocycles. The zero-order valence-corrected chi connectivity index (χ0v) is 11.4. The van der Waals surface area contributed by atoms with Gasteiger partial charge < -0.3 is 15.2 Å². The van der Waals surface area contributed by atoms with Crippen molar-refractivity contribution in [2.24, 2.45) is 5.41 Å². The summed E-state index contributed by atoms with van der Waals surface area (Å²) in [5, 5.41) is 13.7. The molecule has 0 aliphatic heterocycles. The van der Waals surface area contributed by atoms with Crippen molar-refractivity contribution in [3.05, 3.63) is 29.3 Å². The Balaban J connectivity index is 1.61. The van der Waals surface area contributed by atoms with Gasteiger partial charge in [-0.2, -0.15) is 0 Å². The summed E-state index contributed by atoms with van der Waals surface area (Å²) in [5.41, 5.74) is 0.469. The number of benzene rings is 1. The van der Waals surface area contributed by atoms with Crippen LogP contribution in [0, 0.1) is 5.41 Å². The molecule has 1 aromatic rings. The van der Waals surface area contributed by atoms with Crippen LogP contribution in [-0.4, -0.2) is 30.9 Å². The normalized spacial score (nSPS) is 18.4. The largest absolute Gasteiger partial charge is 0.491 e. The van der Waals surface area contributed by atoms with Crippen LogP contribution in [0.15, 0.2) is 24.3 Å². The van der Waals surface area contributed by atoms with Gasteiger partial charge in [0.15, 0.2) is 0 Å². The van der Waals surface area contributed by atoms with Crippen LogP contribution in [0.25, 0.3) is 0 Å². The van der Waals surface area contributed by atoms with Crippen molar-refractivity contribution in [2.45, 2.75) is 25.9 Å². The molecule has 0 radical (unpaired) electrons. The van der Waals surface area contributed by atoms with E-state index in [0.717, 1.165) is 12.3 Å². The molecule has 0 saturated heterocycles. The summed E-state index contributed by atoms with van der Waals surface area (Å²) in [4.78, 5) is 0. The number of aliphatic hydroxyl groups is 1. The van der Waals surface area contributed by atoms with Crippen molar-refractivity contribution in [3.63, 3.8) is 0 Å². The Bertz CT molecular complexity index is 376. The van der Waals surface area contributed by atoms with Gasteiger partial charge in [-0.05, 0) is 42.5 Å². The first-order valence-corrected chi connectivity index (χ1v) is 6.72. The van der Waals surface area contributed by atoms with E-state index >= 15 is 0 Å². The van der Waals surface area contributed by atoms with Crippen LogP contribution in [0.4, 0.5) is 0 Å². The Morgan fingerprint density at radius 3 is 2.67 bits per heavy atom. The van der Waals surface area contributed by atoms with E-state index in [2.05, 4.69) is 12.2 Å². The Morgan fingerprint density at radius 2 is 2.06 bits per heavy atom. The molecule has 1 unspecified atom stereocenters. The van der Waals surface area contributed by atoms with Gasteiger partial charge in [-0.3, -0.25) is 0 Å². The zero-order chi connectivity index (χ0) is 13.0. The van der Waals surface area contributed by atoms with Crippen LogP contribution in [0.5, 0.6) is 5.75 Å². The molecule has 18 heavy (non-hydrogen) atoms. The molecule has 0 amide bonds. The Morgan fingerprint density at radius 1 is 1.39 bits per heavy atom. The van der Waals surface area contributed by atoms with Crippen LogP contribution >= 0.6 is 11.6 Å². The minimum atomic E-state index is -0.483.